The monoisotopic (exact) mass is 385 g/mol. The molecule has 7 heteroatoms. The van der Waals surface area contributed by atoms with Crippen LogP contribution in [0.4, 0.5) is 16.5 Å². The standard InChI is InChI=1S/C19H19N3O2S2/c1-12-17(18(23)21-13-7-9-16(25-3)10-8-13)26-19(20-12)22-14-5-4-6-15(11-14)24-2/h4-11H,1-3H3,(H,20,22)(H,21,23). The molecule has 1 heterocycles. The van der Waals surface area contributed by atoms with Crippen LogP contribution in [0.2, 0.25) is 0 Å². The van der Waals surface area contributed by atoms with E-state index in [0.29, 0.717) is 15.7 Å². The lowest BCUT2D eigenvalue weighted by Gasteiger charge is -2.05. The zero-order valence-corrected chi connectivity index (χ0v) is 16.3. The van der Waals surface area contributed by atoms with E-state index in [4.69, 9.17) is 4.74 Å². The molecule has 0 saturated heterocycles. The van der Waals surface area contributed by atoms with E-state index >= 15 is 0 Å². The number of nitrogens with one attached hydrogen (secondary N) is 2. The summed E-state index contributed by atoms with van der Waals surface area (Å²) in [5.41, 5.74) is 2.32. The maximum Gasteiger partial charge on any atom is 0.267 e. The summed E-state index contributed by atoms with van der Waals surface area (Å²) < 4.78 is 5.22. The third kappa shape index (κ3) is 4.36. The predicted octanol–water partition coefficient (Wildman–Crippen LogP) is 5.18. The zero-order valence-electron chi connectivity index (χ0n) is 14.7. The van der Waals surface area contributed by atoms with Gasteiger partial charge in [-0.3, -0.25) is 4.79 Å². The summed E-state index contributed by atoms with van der Waals surface area (Å²) >= 11 is 2.99. The minimum absolute atomic E-state index is 0.157. The van der Waals surface area contributed by atoms with Gasteiger partial charge in [0, 0.05) is 22.3 Å². The summed E-state index contributed by atoms with van der Waals surface area (Å²) in [5.74, 6) is 0.602. The molecule has 0 aliphatic rings. The number of amides is 1. The molecule has 0 aliphatic heterocycles. The Kier molecular flexibility index (Phi) is 5.80. The second-order valence-electron chi connectivity index (χ2n) is 5.47. The Morgan fingerprint density at radius 2 is 1.92 bits per heavy atom. The van der Waals surface area contributed by atoms with Crippen molar-refractivity contribution in [3.63, 3.8) is 0 Å². The fourth-order valence-corrected chi connectivity index (χ4v) is 3.64. The van der Waals surface area contributed by atoms with Crippen LogP contribution in [-0.4, -0.2) is 24.3 Å². The highest BCUT2D eigenvalue weighted by atomic mass is 32.2. The predicted molar refractivity (Wildman–Crippen MR) is 109 cm³/mol. The number of carbonyl (C=O) groups excluding carboxylic acids is 1. The first-order valence-electron chi connectivity index (χ1n) is 7.93. The SMILES string of the molecule is COc1cccc(Nc2nc(C)c(C(=O)Nc3ccc(SC)cc3)s2)c1. The number of carbonyl (C=O) groups is 1. The fourth-order valence-electron chi connectivity index (χ4n) is 2.35. The topological polar surface area (TPSA) is 63.2 Å². The number of hydrogen-bond donors (Lipinski definition) is 2. The van der Waals surface area contributed by atoms with Crippen LogP contribution in [0, 0.1) is 6.92 Å². The number of rotatable bonds is 6. The molecule has 1 amide bonds. The van der Waals surface area contributed by atoms with Crippen LogP contribution >= 0.6 is 23.1 Å². The van der Waals surface area contributed by atoms with Crippen LogP contribution in [-0.2, 0) is 0 Å². The van der Waals surface area contributed by atoms with E-state index in [0.717, 1.165) is 22.0 Å². The number of hydrogen-bond acceptors (Lipinski definition) is 6. The molecule has 2 aromatic carbocycles. The highest BCUT2D eigenvalue weighted by Crippen LogP contribution is 2.28. The van der Waals surface area contributed by atoms with E-state index < -0.39 is 0 Å². The van der Waals surface area contributed by atoms with Gasteiger partial charge in [0.15, 0.2) is 5.13 Å². The Hall–Kier alpha value is -2.51. The van der Waals surface area contributed by atoms with Crippen LogP contribution in [0.3, 0.4) is 0 Å². The van der Waals surface area contributed by atoms with Gasteiger partial charge in [-0.05, 0) is 49.6 Å². The van der Waals surface area contributed by atoms with E-state index in [1.54, 1.807) is 18.9 Å². The van der Waals surface area contributed by atoms with Crippen molar-refractivity contribution in [3.05, 3.63) is 59.1 Å². The van der Waals surface area contributed by atoms with Crippen LogP contribution in [0.5, 0.6) is 5.75 Å². The van der Waals surface area contributed by atoms with Gasteiger partial charge >= 0.3 is 0 Å². The van der Waals surface area contributed by atoms with Crippen molar-refractivity contribution in [1.82, 2.24) is 4.98 Å². The molecule has 3 aromatic rings. The number of thioether (sulfide) groups is 1. The molecule has 0 saturated carbocycles. The van der Waals surface area contributed by atoms with Gasteiger partial charge in [0.2, 0.25) is 0 Å². The Labute approximate surface area is 160 Å². The minimum Gasteiger partial charge on any atom is -0.497 e. The van der Waals surface area contributed by atoms with Crippen LogP contribution in [0.15, 0.2) is 53.4 Å². The first-order valence-corrected chi connectivity index (χ1v) is 9.97. The average molecular weight is 386 g/mol. The number of anilines is 3. The first-order chi connectivity index (χ1) is 12.6. The number of benzene rings is 2. The highest BCUT2D eigenvalue weighted by Gasteiger charge is 2.16. The first kappa shape index (κ1) is 18.3. The van der Waals surface area contributed by atoms with E-state index in [2.05, 4.69) is 15.6 Å². The van der Waals surface area contributed by atoms with Gasteiger partial charge in [0.1, 0.15) is 10.6 Å². The summed E-state index contributed by atoms with van der Waals surface area (Å²) in [5, 5.41) is 6.80. The quantitative estimate of drug-likeness (QED) is 0.573. The second kappa shape index (κ2) is 8.25. The van der Waals surface area contributed by atoms with Crippen molar-refractivity contribution < 1.29 is 9.53 Å². The number of aromatic nitrogens is 1. The molecule has 0 fully saturated rings. The van der Waals surface area contributed by atoms with Gasteiger partial charge < -0.3 is 15.4 Å². The summed E-state index contributed by atoms with van der Waals surface area (Å²) in [6, 6.07) is 15.3. The molecule has 0 bridgehead atoms. The molecule has 0 radical (unpaired) electrons. The number of thiazole rings is 1. The van der Waals surface area contributed by atoms with E-state index in [-0.39, 0.29) is 5.91 Å². The maximum atomic E-state index is 12.6. The molecule has 3 rings (SSSR count). The molecule has 134 valence electrons. The van der Waals surface area contributed by atoms with Gasteiger partial charge in [-0.15, -0.1) is 11.8 Å². The third-order valence-electron chi connectivity index (χ3n) is 3.67. The lowest BCUT2D eigenvalue weighted by molar-refractivity contribution is 0.103. The minimum atomic E-state index is -0.157. The number of ether oxygens (including phenoxy) is 1. The summed E-state index contributed by atoms with van der Waals surface area (Å²) in [4.78, 5) is 18.8. The molecular formula is C19H19N3O2S2. The molecule has 0 atom stereocenters. The largest absolute Gasteiger partial charge is 0.497 e. The molecule has 0 spiro atoms. The van der Waals surface area contributed by atoms with E-state index in [1.807, 2.05) is 61.7 Å². The summed E-state index contributed by atoms with van der Waals surface area (Å²) in [6.45, 7) is 1.83. The third-order valence-corrected chi connectivity index (χ3v) is 5.49. The van der Waals surface area contributed by atoms with Crippen molar-refractivity contribution in [1.29, 1.82) is 0 Å². The smallest absolute Gasteiger partial charge is 0.267 e. The summed E-state index contributed by atoms with van der Waals surface area (Å²) in [6.07, 6.45) is 2.02. The number of methoxy groups -OCH3 is 1. The normalized spacial score (nSPS) is 10.4. The Bertz CT molecular complexity index is 907. The highest BCUT2D eigenvalue weighted by molar-refractivity contribution is 7.98. The molecule has 0 unspecified atom stereocenters. The lowest BCUT2D eigenvalue weighted by Crippen LogP contribution is -2.11. The average Bonchev–Trinajstić information content (AvgIpc) is 3.02. The van der Waals surface area contributed by atoms with E-state index in [9.17, 15) is 4.79 Å². The van der Waals surface area contributed by atoms with Crippen molar-refractivity contribution in [2.45, 2.75) is 11.8 Å². The van der Waals surface area contributed by atoms with Crippen molar-refractivity contribution in [3.8, 4) is 5.75 Å². The number of aryl methyl sites for hydroxylation is 1. The molecule has 2 N–H and O–H groups in total. The van der Waals surface area contributed by atoms with Crippen LogP contribution in [0.25, 0.3) is 0 Å². The Balaban J connectivity index is 1.73. The van der Waals surface area contributed by atoms with Gasteiger partial charge in [-0.1, -0.05) is 17.4 Å². The maximum absolute atomic E-state index is 12.6. The fraction of sp³-hybridized carbons (Fsp3) is 0.158. The molecule has 26 heavy (non-hydrogen) atoms. The van der Waals surface area contributed by atoms with Gasteiger partial charge in [-0.2, -0.15) is 0 Å². The van der Waals surface area contributed by atoms with Crippen LogP contribution in [0.1, 0.15) is 15.4 Å². The Morgan fingerprint density at radius 1 is 1.15 bits per heavy atom. The molecule has 1 aromatic heterocycles. The van der Waals surface area contributed by atoms with Gasteiger partial charge in [-0.25, -0.2) is 4.98 Å². The molecular weight excluding hydrogens is 366 g/mol. The molecule has 0 aliphatic carbocycles. The van der Waals surface area contributed by atoms with Gasteiger partial charge in [0.25, 0.3) is 5.91 Å². The zero-order chi connectivity index (χ0) is 18.5. The molecule has 5 nitrogen and oxygen atoms in total. The Morgan fingerprint density at radius 3 is 2.62 bits per heavy atom. The van der Waals surface area contributed by atoms with Crippen molar-refractivity contribution in [2.75, 3.05) is 24.0 Å². The lowest BCUT2D eigenvalue weighted by atomic mass is 10.3. The van der Waals surface area contributed by atoms with Crippen molar-refractivity contribution >= 4 is 45.5 Å². The summed E-state index contributed by atoms with van der Waals surface area (Å²) in [7, 11) is 1.63. The van der Waals surface area contributed by atoms with Crippen LogP contribution < -0.4 is 15.4 Å². The van der Waals surface area contributed by atoms with E-state index in [1.165, 1.54) is 11.3 Å². The second-order valence-corrected chi connectivity index (χ2v) is 7.35. The number of nitrogens with zero attached hydrogens (tertiary/aromatic N) is 1. The van der Waals surface area contributed by atoms with Crippen molar-refractivity contribution in [2.24, 2.45) is 0 Å². The van der Waals surface area contributed by atoms with Gasteiger partial charge in [0.05, 0.1) is 12.8 Å².